The summed E-state index contributed by atoms with van der Waals surface area (Å²) in [6.45, 7) is 0.381. The molecular weight excluding hydrogens is 265 g/mol. The fourth-order valence-electron chi connectivity index (χ4n) is 2.44. The monoisotopic (exact) mass is 281 g/mol. The quantitative estimate of drug-likeness (QED) is 0.872. The highest BCUT2D eigenvalue weighted by molar-refractivity contribution is 5.84. The Morgan fingerprint density at radius 2 is 2.20 bits per heavy atom. The van der Waals surface area contributed by atoms with Crippen molar-refractivity contribution < 1.29 is 24.2 Å². The van der Waals surface area contributed by atoms with E-state index < -0.39 is 29.8 Å². The second-order valence-corrected chi connectivity index (χ2v) is 4.86. The van der Waals surface area contributed by atoms with Gasteiger partial charge < -0.3 is 15.1 Å². The van der Waals surface area contributed by atoms with E-state index in [-0.39, 0.29) is 6.42 Å². The van der Waals surface area contributed by atoms with Crippen LogP contribution in [0, 0.1) is 5.82 Å². The number of hydrogen-bond donors (Lipinski definition) is 2. The van der Waals surface area contributed by atoms with E-state index in [2.05, 4.69) is 0 Å². The number of aliphatic hydroxyl groups excluding tert-OH is 1. The SMILES string of the molecule is O=C(O)[C@@H]1CCCN1C(=O)CC(O)c1cccc(F)c1. The standard InChI is InChI=1S/C14H16FNO4/c15-10-4-1-3-9(7-10)12(17)8-13(18)16-6-2-5-11(16)14(19)20/h1,3-4,7,11-12,17H,2,5-6,8H2,(H,19,20)/t11-,12?/m0/s1. The molecule has 1 aromatic rings. The predicted molar refractivity (Wildman–Crippen MR) is 68.3 cm³/mol. The van der Waals surface area contributed by atoms with E-state index in [1.165, 1.54) is 23.1 Å². The first kappa shape index (κ1) is 14.5. The second-order valence-electron chi connectivity index (χ2n) is 4.86. The van der Waals surface area contributed by atoms with Gasteiger partial charge in [0.15, 0.2) is 0 Å². The van der Waals surface area contributed by atoms with Crippen LogP contribution in [0.4, 0.5) is 4.39 Å². The van der Waals surface area contributed by atoms with Crippen molar-refractivity contribution in [1.29, 1.82) is 0 Å². The molecule has 6 heteroatoms. The summed E-state index contributed by atoms with van der Waals surface area (Å²) in [4.78, 5) is 24.3. The molecule has 0 spiro atoms. The summed E-state index contributed by atoms with van der Waals surface area (Å²) in [6, 6.07) is 4.57. The van der Waals surface area contributed by atoms with Crippen molar-refractivity contribution in [3.05, 3.63) is 35.6 Å². The summed E-state index contributed by atoms with van der Waals surface area (Å²) in [5, 5.41) is 19.0. The van der Waals surface area contributed by atoms with Crippen LogP contribution in [0.25, 0.3) is 0 Å². The summed E-state index contributed by atoms with van der Waals surface area (Å²) >= 11 is 0. The Morgan fingerprint density at radius 1 is 1.45 bits per heavy atom. The van der Waals surface area contributed by atoms with Crippen molar-refractivity contribution in [3.63, 3.8) is 0 Å². The Morgan fingerprint density at radius 3 is 2.85 bits per heavy atom. The zero-order chi connectivity index (χ0) is 14.7. The van der Waals surface area contributed by atoms with E-state index in [1.807, 2.05) is 0 Å². The highest BCUT2D eigenvalue weighted by Gasteiger charge is 2.34. The maximum atomic E-state index is 13.0. The van der Waals surface area contributed by atoms with Gasteiger partial charge in [0.2, 0.25) is 5.91 Å². The van der Waals surface area contributed by atoms with E-state index in [1.54, 1.807) is 0 Å². The van der Waals surface area contributed by atoms with Gasteiger partial charge in [-0.25, -0.2) is 9.18 Å². The highest BCUT2D eigenvalue weighted by Crippen LogP contribution is 2.23. The van der Waals surface area contributed by atoms with Gasteiger partial charge >= 0.3 is 5.97 Å². The number of carboxylic acid groups (broad SMARTS) is 1. The van der Waals surface area contributed by atoms with E-state index in [4.69, 9.17) is 5.11 Å². The summed E-state index contributed by atoms with van der Waals surface area (Å²) < 4.78 is 13.0. The molecule has 1 saturated heterocycles. The van der Waals surface area contributed by atoms with E-state index >= 15 is 0 Å². The molecule has 20 heavy (non-hydrogen) atoms. The summed E-state index contributed by atoms with van der Waals surface area (Å²) in [5.74, 6) is -1.94. The summed E-state index contributed by atoms with van der Waals surface area (Å²) in [5.41, 5.74) is 0.310. The molecule has 108 valence electrons. The highest BCUT2D eigenvalue weighted by atomic mass is 19.1. The lowest BCUT2D eigenvalue weighted by Crippen LogP contribution is -2.40. The summed E-state index contributed by atoms with van der Waals surface area (Å²) in [7, 11) is 0. The van der Waals surface area contributed by atoms with Crippen LogP contribution in [0.3, 0.4) is 0 Å². The maximum Gasteiger partial charge on any atom is 0.326 e. The minimum atomic E-state index is -1.13. The van der Waals surface area contributed by atoms with E-state index in [0.29, 0.717) is 24.9 Å². The Kier molecular flexibility index (Phi) is 4.34. The Balaban J connectivity index is 2.02. The number of amides is 1. The van der Waals surface area contributed by atoms with Crippen molar-refractivity contribution in [1.82, 2.24) is 4.90 Å². The molecule has 2 atom stereocenters. The maximum absolute atomic E-state index is 13.0. The minimum Gasteiger partial charge on any atom is -0.480 e. The molecular formula is C14H16FNO4. The number of likely N-dealkylation sites (tertiary alicyclic amines) is 1. The van der Waals surface area contributed by atoms with Crippen molar-refractivity contribution in [2.45, 2.75) is 31.4 Å². The van der Waals surface area contributed by atoms with Gasteiger partial charge in [0.25, 0.3) is 0 Å². The molecule has 1 aliphatic heterocycles. The summed E-state index contributed by atoms with van der Waals surface area (Å²) in [6.07, 6.45) is -0.309. The molecule has 2 rings (SSSR count). The van der Waals surface area contributed by atoms with Gasteiger partial charge in [-0.2, -0.15) is 0 Å². The molecule has 1 amide bonds. The lowest BCUT2D eigenvalue weighted by atomic mass is 10.1. The number of aliphatic carboxylic acids is 1. The van der Waals surface area contributed by atoms with Crippen molar-refractivity contribution >= 4 is 11.9 Å². The van der Waals surface area contributed by atoms with E-state index in [9.17, 15) is 19.1 Å². The van der Waals surface area contributed by atoms with Crippen molar-refractivity contribution in [3.8, 4) is 0 Å². The number of carbonyl (C=O) groups excluding carboxylic acids is 1. The third-order valence-electron chi connectivity index (χ3n) is 3.46. The molecule has 1 aromatic carbocycles. The van der Waals surface area contributed by atoms with Crippen molar-refractivity contribution in [2.24, 2.45) is 0 Å². The smallest absolute Gasteiger partial charge is 0.326 e. The van der Waals surface area contributed by atoms with Gasteiger partial charge in [-0.05, 0) is 30.5 Å². The van der Waals surface area contributed by atoms with Gasteiger partial charge in [-0.3, -0.25) is 4.79 Å². The van der Waals surface area contributed by atoms with Crippen LogP contribution in [0.15, 0.2) is 24.3 Å². The average molecular weight is 281 g/mol. The normalized spacial score (nSPS) is 19.9. The number of hydrogen-bond acceptors (Lipinski definition) is 3. The number of rotatable bonds is 4. The van der Waals surface area contributed by atoms with Crippen LogP contribution < -0.4 is 0 Å². The molecule has 0 bridgehead atoms. The van der Waals surface area contributed by atoms with Gasteiger partial charge in [0.1, 0.15) is 11.9 Å². The molecule has 0 saturated carbocycles. The molecule has 0 radical (unpaired) electrons. The van der Waals surface area contributed by atoms with Gasteiger partial charge in [0.05, 0.1) is 12.5 Å². The fourth-order valence-corrected chi connectivity index (χ4v) is 2.44. The Hall–Kier alpha value is -1.95. The molecule has 0 aliphatic carbocycles. The Bertz CT molecular complexity index is 520. The molecule has 1 fully saturated rings. The Labute approximate surface area is 115 Å². The molecule has 1 aliphatic rings. The topological polar surface area (TPSA) is 77.8 Å². The van der Waals surface area contributed by atoms with Crippen LogP contribution >= 0.6 is 0 Å². The third kappa shape index (κ3) is 3.14. The van der Waals surface area contributed by atoms with Crippen molar-refractivity contribution in [2.75, 3.05) is 6.54 Å². The number of carbonyl (C=O) groups is 2. The first-order chi connectivity index (χ1) is 9.49. The second kappa shape index (κ2) is 6.00. The first-order valence-corrected chi connectivity index (χ1v) is 6.45. The molecule has 1 unspecified atom stereocenters. The zero-order valence-electron chi connectivity index (χ0n) is 10.8. The fraction of sp³-hybridized carbons (Fsp3) is 0.429. The number of aliphatic hydroxyl groups is 1. The first-order valence-electron chi connectivity index (χ1n) is 6.45. The molecule has 1 heterocycles. The predicted octanol–water partition coefficient (Wildman–Crippen LogP) is 1.32. The average Bonchev–Trinajstić information content (AvgIpc) is 2.88. The lowest BCUT2D eigenvalue weighted by Gasteiger charge is -2.22. The van der Waals surface area contributed by atoms with E-state index in [0.717, 1.165) is 6.07 Å². The molecule has 2 N–H and O–H groups in total. The van der Waals surface area contributed by atoms with Crippen LogP contribution in [-0.2, 0) is 9.59 Å². The number of nitrogens with zero attached hydrogens (tertiary/aromatic N) is 1. The number of halogens is 1. The largest absolute Gasteiger partial charge is 0.480 e. The molecule has 0 aromatic heterocycles. The van der Waals surface area contributed by atoms with Gasteiger partial charge in [0, 0.05) is 6.54 Å². The third-order valence-corrected chi connectivity index (χ3v) is 3.46. The van der Waals surface area contributed by atoms with Gasteiger partial charge in [-0.15, -0.1) is 0 Å². The minimum absolute atomic E-state index is 0.243. The zero-order valence-corrected chi connectivity index (χ0v) is 10.8. The van der Waals surface area contributed by atoms with Crippen LogP contribution in [0.2, 0.25) is 0 Å². The number of carboxylic acids is 1. The van der Waals surface area contributed by atoms with Crippen LogP contribution in [-0.4, -0.2) is 39.6 Å². The number of benzene rings is 1. The van der Waals surface area contributed by atoms with Gasteiger partial charge in [-0.1, -0.05) is 12.1 Å². The lowest BCUT2D eigenvalue weighted by molar-refractivity contribution is -0.149. The molecule has 5 nitrogen and oxygen atoms in total. The van der Waals surface area contributed by atoms with Crippen LogP contribution in [0.5, 0.6) is 0 Å². The van der Waals surface area contributed by atoms with Crippen LogP contribution in [0.1, 0.15) is 30.9 Å².